The normalized spacial score (nSPS) is 13.2. The first-order chi connectivity index (χ1) is 7.70. The second-order valence-electron chi connectivity index (χ2n) is 4.25. The van der Waals surface area contributed by atoms with Crippen molar-refractivity contribution in [2.24, 2.45) is 0 Å². The van der Waals surface area contributed by atoms with Crippen LogP contribution in [0.4, 0.5) is 0 Å². The first kappa shape index (κ1) is 11.5. The average Bonchev–Trinajstić information content (AvgIpc) is 2.70. The van der Waals surface area contributed by atoms with Gasteiger partial charge < -0.3 is 4.42 Å². The second kappa shape index (κ2) is 4.92. The van der Waals surface area contributed by atoms with Gasteiger partial charge in [-0.15, -0.1) is 11.6 Å². The Kier molecular flexibility index (Phi) is 3.55. The van der Waals surface area contributed by atoms with Crippen LogP contribution in [0.5, 0.6) is 0 Å². The molecule has 16 heavy (non-hydrogen) atoms. The molecular formula is C14H17ClO. The molecule has 0 saturated carbocycles. The Morgan fingerprint density at radius 2 is 2.19 bits per heavy atom. The summed E-state index contributed by atoms with van der Waals surface area (Å²) in [5.41, 5.74) is 2.21. The molecule has 1 atom stereocenters. The maximum absolute atomic E-state index is 6.10. The minimum Gasteiger partial charge on any atom is -0.461 e. The van der Waals surface area contributed by atoms with Crippen molar-refractivity contribution in [3.05, 3.63) is 35.6 Å². The molecule has 2 aromatic rings. The molecule has 0 amide bonds. The number of alkyl halides is 1. The lowest BCUT2D eigenvalue weighted by molar-refractivity contribution is 0.531. The summed E-state index contributed by atoms with van der Waals surface area (Å²) in [6.45, 7) is 4.19. The third-order valence-electron chi connectivity index (χ3n) is 2.94. The molecule has 0 aliphatic heterocycles. The van der Waals surface area contributed by atoms with Crippen LogP contribution in [-0.2, 0) is 6.42 Å². The quantitative estimate of drug-likeness (QED) is 0.702. The topological polar surface area (TPSA) is 13.1 Å². The van der Waals surface area contributed by atoms with Crippen LogP contribution in [0.15, 0.2) is 28.7 Å². The van der Waals surface area contributed by atoms with Gasteiger partial charge in [0.25, 0.3) is 0 Å². The van der Waals surface area contributed by atoms with Gasteiger partial charge in [-0.2, -0.15) is 0 Å². The van der Waals surface area contributed by atoms with Crippen LogP contribution in [0, 0.1) is 6.92 Å². The smallest absolute Gasteiger partial charge is 0.137 e. The minimum atomic E-state index is 0.259. The van der Waals surface area contributed by atoms with Crippen LogP contribution in [0.25, 0.3) is 11.0 Å². The van der Waals surface area contributed by atoms with E-state index in [0.717, 1.165) is 30.6 Å². The number of fused-ring (bicyclic) bond motifs is 1. The Morgan fingerprint density at radius 1 is 1.38 bits per heavy atom. The van der Waals surface area contributed by atoms with Crippen molar-refractivity contribution in [3.63, 3.8) is 0 Å². The second-order valence-corrected chi connectivity index (χ2v) is 4.87. The summed E-state index contributed by atoms with van der Waals surface area (Å²) in [4.78, 5) is 0. The fraction of sp³-hybridized carbons (Fsp3) is 0.429. The zero-order valence-electron chi connectivity index (χ0n) is 9.79. The number of aryl methyl sites for hydroxylation is 2. The van der Waals surface area contributed by atoms with Gasteiger partial charge in [0, 0.05) is 17.2 Å². The Bertz CT molecular complexity index is 473. The SMILES string of the molecule is CCC(Cl)CCc1cc2cccc(C)c2o1. The highest BCUT2D eigenvalue weighted by Gasteiger charge is 2.07. The van der Waals surface area contributed by atoms with E-state index >= 15 is 0 Å². The maximum atomic E-state index is 6.10. The van der Waals surface area contributed by atoms with Gasteiger partial charge >= 0.3 is 0 Å². The summed E-state index contributed by atoms with van der Waals surface area (Å²) in [5, 5.41) is 1.45. The summed E-state index contributed by atoms with van der Waals surface area (Å²) >= 11 is 6.10. The predicted octanol–water partition coefficient (Wildman–Crippen LogP) is 4.69. The largest absolute Gasteiger partial charge is 0.461 e. The molecule has 1 aromatic carbocycles. The van der Waals surface area contributed by atoms with Crippen molar-refractivity contribution in [2.75, 3.05) is 0 Å². The number of benzene rings is 1. The van der Waals surface area contributed by atoms with Gasteiger partial charge in [0.1, 0.15) is 11.3 Å². The number of rotatable bonds is 4. The lowest BCUT2D eigenvalue weighted by Crippen LogP contribution is -1.97. The lowest BCUT2D eigenvalue weighted by atomic mass is 10.1. The molecule has 1 unspecified atom stereocenters. The van der Waals surface area contributed by atoms with Gasteiger partial charge in [-0.25, -0.2) is 0 Å². The Balaban J connectivity index is 2.17. The highest BCUT2D eigenvalue weighted by molar-refractivity contribution is 6.20. The standard InChI is InChI=1S/C14H17ClO/c1-3-12(15)7-8-13-9-11-6-4-5-10(2)14(11)16-13/h4-6,9,12H,3,7-8H2,1-2H3. The van der Waals surface area contributed by atoms with E-state index in [1.807, 2.05) is 0 Å². The van der Waals surface area contributed by atoms with Crippen molar-refractivity contribution in [1.29, 1.82) is 0 Å². The van der Waals surface area contributed by atoms with Crippen LogP contribution in [-0.4, -0.2) is 5.38 Å². The molecule has 0 aliphatic carbocycles. The monoisotopic (exact) mass is 236 g/mol. The molecule has 0 bridgehead atoms. The number of hydrogen-bond acceptors (Lipinski definition) is 1. The summed E-state index contributed by atoms with van der Waals surface area (Å²) in [5.74, 6) is 1.04. The van der Waals surface area contributed by atoms with Crippen molar-refractivity contribution in [1.82, 2.24) is 0 Å². The van der Waals surface area contributed by atoms with Crippen LogP contribution in [0.1, 0.15) is 31.1 Å². The molecule has 0 N–H and O–H groups in total. The van der Waals surface area contributed by atoms with Gasteiger partial charge in [0.2, 0.25) is 0 Å². The molecule has 2 heteroatoms. The molecule has 86 valence electrons. The number of halogens is 1. The highest BCUT2D eigenvalue weighted by Crippen LogP contribution is 2.24. The van der Waals surface area contributed by atoms with Crippen molar-refractivity contribution >= 4 is 22.6 Å². The Labute approximate surface area is 101 Å². The molecule has 0 fully saturated rings. The summed E-state index contributed by atoms with van der Waals surface area (Å²) in [7, 11) is 0. The summed E-state index contributed by atoms with van der Waals surface area (Å²) < 4.78 is 5.84. The molecule has 1 aromatic heterocycles. The van der Waals surface area contributed by atoms with Gasteiger partial charge in [0.05, 0.1) is 0 Å². The van der Waals surface area contributed by atoms with E-state index in [9.17, 15) is 0 Å². The molecular weight excluding hydrogens is 220 g/mol. The molecule has 1 heterocycles. The highest BCUT2D eigenvalue weighted by atomic mass is 35.5. The lowest BCUT2D eigenvalue weighted by Gasteiger charge is -2.02. The summed E-state index contributed by atoms with van der Waals surface area (Å²) in [6, 6.07) is 8.36. The van der Waals surface area contributed by atoms with E-state index in [4.69, 9.17) is 16.0 Å². The van der Waals surface area contributed by atoms with Gasteiger partial charge in [0.15, 0.2) is 0 Å². The van der Waals surface area contributed by atoms with E-state index in [1.165, 1.54) is 10.9 Å². The van der Waals surface area contributed by atoms with Gasteiger partial charge in [-0.1, -0.05) is 25.1 Å². The van der Waals surface area contributed by atoms with Crippen molar-refractivity contribution < 1.29 is 4.42 Å². The average molecular weight is 237 g/mol. The van der Waals surface area contributed by atoms with Gasteiger partial charge in [-0.3, -0.25) is 0 Å². The van der Waals surface area contributed by atoms with Crippen LogP contribution < -0.4 is 0 Å². The van der Waals surface area contributed by atoms with Crippen LogP contribution in [0.3, 0.4) is 0 Å². The first-order valence-corrected chi connectivity index (χ1v) is 6.26. The first-order valence-electron chi connectivity index (χ1n) is 5.82. The van der Waals surface area contributed by atoms with E-state index < -0.39 is 0 Å². The molecule has 0 saturated heterocycles. The van der Waals surface area contributed by atoms with Crippen molar-refractivity contribution in [3.8, 4) is 0 Å². The Hall–Kier alpha value is -0.950. The van der Waals surface area contributed by atoms with E-state index in [-0.39, 0.29) is 5.38 Å². The van der Waals surface area contributed by atoms with E-state index in [1.54, 1.807) is 0 Å². The molecule has 1 nitrogen and oxygen atoms in total. The number of furan rings is 1. The molecule has 0 spiro atoms. The summed E-state index contributed by atoms with van der Waals surface area (Å²) in [6.07, 6.45) is 2.92. The van der Waals surface area contributed by atoms with E-state index in [0.29, 0.717) is 0 Å². The molecule has 0 aliphatic rings. The van der Waals surface area contributed by atoms with Crippen LogP contribution in [0.2, 0.25) is 0 Å². The third-order valence-corrected chi connectivity index (χ3v) is 3.47. The fourth-order valence-corrected chi connectivity index (χ4v) is 2.00. The predicted molar refractivity (Wildman–Crippen MR) is 69.2 cm³/mol. The minimum absolute atomic E-state index is 0.259. The van der Waals surface area contributed by atoms with Crippen LogP contribution >= 0.6 is 11.6 Å². The Morgan fingerprint density at radius 3 is 2.88 bits per heavy atom. The van der Waals surface area contributed by atoms with E-state index in [2.05, 4.69) is 38.1 Å². The number of hydrogen-bond donors (Lipinski definition) is 0. The fourth-order valence-electron chi connectivity index (χ4n) is 1.89. The zero-order valence-corrected chi connectivity index (χ0v) is 10.6. The van der Waals surface area contributed by atoms with Crippen molar-refractivity contribution in [2.45, 2.75) is 38.5 Å². The maximum Gasteiger partial charge on any atom is 0.137 e. The molecule has 2 rings (SSSR count). The zero-order chi connectivity index (χ0) is 11.5. The van der Waals surface area contributed by atoms with Gasteiger partial charge in [-0.05, 0) is 31.4 Å². The molecule has 0 radical (unpaired) electrons. The number of para-hydroxylation sites is 1. The third kappa shape index (κ3) is 2.41.